The Labute approximate surface area is 76.8 Å². The highest BCUT2D eigenvalue weighted by Crippen LogP contribution is 2.22. The lowest BCUT2D eigenvalue weighted by Gasteiger charge is -2.23. The number of aliphatic hydroxyl groups excluding tert-OH is 1. The summed E-state index contributed by atoms with van der Waals surface area (Å²) in [6.45, 7) is 0.273. The van der Waals surface area contributed by atoms with E-state index in [1.54, 1.807) is 0 Å². The SMILES string of the molecule is O=[N+]([O-])C1CCCC(OCCO)C1. The molecule has 0 aromatic carbocycles. The Balaban J connectivity index is 2.29. The van der Waals surface area contributed by atoms with E-state index >= 15 is 0 Å². The van der Waals surface area contributed by atoms with Crippen LogP contribution in [0.4, 0.5) is 0 Å². The van der Waals surface area contributed by atoms with Gasteiger partial charge >= 0.3 is 0 Å². The predicted molar refractivity (Wildman–Crippen MR) is 46.1 cm³/mol. The van der Waals surface area contributed by atoms with Crippen LogP contribution in [0.3, 0.4) is 0 Å². The van der Waals surface area contributed by atoms with E-state index in [2.05, 4.69) is 0 Å². The van der Waals surface area contributed by atoms with E-state index in [9.17, 15) is 10.1 Å². The van der Waals surface area contributed by atoms with Crippen molar-refractivity contribution in [3.05, 3.63) is 10.1 Å². The zero-order valence-electron chi connectivity index (χ0n) is 7.52. The minimum atomic E-state index is -0.447. The van der Waals surface area contributed by atoms with E-state index < -0.39 is 6.04 Å². The highest BCUT2D eigenvalue weighted by atomic mass is 16.6. The van der Waals surface area contributed by atoms with E-state index in [0.29, 0.717) is 12.8 Å². The van der Waals surface area contributed by atoms with E-state index in [1.807, 2.05) is 0 Å². The van der Waals surface area contributed by atoms with Crippen molar-refractivity contribution in [2.75, 3.05) is 13.2 Å². The third-order valence-electron chi connectivity index (χ3n) is 2.34. The molecule has 0 saturated heterocycles. The van der Waals surface area contributed by atoms with Crippen LogP contribution < -0.4 is 0 Å². The Kier molecular flexibility index (Phi) is 4.11. The first-order valence-electron chi connectivity index (χ1n) is 4.60. The van der Waals surface area contributed by atoms with Gasteiger partial charge in [-0.05, 0) is 12.8 Å². The van der Waals surface area contributed by atoms with Gasteiger partial charge in [0.15, 0.2) is 0 Å². The van der Waals surface area contributed by atoms with E-state index in [-0.39, 0.29) is 24.2 Å². The zero-order chi connectivity index (χ0) is 9.68. The van der Waals surface area contributed by atoms with Crippen molar-refractivity contribution in [2.24, 2.45) is 0 Å². The highest BCUT2D eigenvalue weighted by Gasteiger charge is 2.29. The van der Waals surface area contributed by atoms with Crippen molar-refractivity contribution in [1.29, 1.82) is 0 Å². The predicted octanol–water partition coefficient (Wildman–Crippen LogP) is 0.583. The van der Waals surface area contributed by atoms with Crippen molar-refractivity contribution >= 4 is 0 Å². The average Bonchev–Trinajstić information content (AvgIpc) is 2.15. The molecule has 1 aliphatic carbocycles. The van der Waals surface area contributed by atoms with Crippen molar-refractivity contribution in [2.45, 2.75) is 37.8 Å². The van der Waals surface area contributed by atoms with Crippen LogP contribution in [0, 0.1) is 10.1 Å². The molecule has 1 aliphatic rings. The largest absolute Gasteiger partial charge is 0.394 e. The number of nitro groups is 1. The van der Waals surface area contributed by atoms with E-state index in [0.717, 1.165) is 12.8 Å². The smallest absolute Gasteiger partial charge is 0.215 e. The van der Waals surface area contributed by atoms with Gasteiger partial charge in [0.05, 0.1) is 19.3 Å². The van der Waals surface area contributed by atoms with Gasteiger partial charge in [-0.25, -0.2) is 0 Å². The van der Waals surface area contributed by atoms with E-state index in [1.165, 1.54) is 0 Å². The molecule has 13 heavy (non-hydrogen) atoms. The van der Waals surface area contributed by atoms with Crippen LogP contribution in [0.2, 0.25) is 0 Å². The molecule has 0 aromatic heterocycles. The molecule has 2 atom stereocenters. The van der Waals surface area contributed by atoms with Crippen molar-refractivity contribution < 1.29 is 14.8 Å². The van der Waals surface area contributed by atoms with Crippen LogP contribution in [-0.2, 0) is 4.74 Å². The van der Waals surface area contributed by atoms with Gasteiger partial charge in [-0.15, -0.1) is 0 Å². The number of nitrogens with zero attached hydrogens (tertiary/aromatic N) is 1. The zero-order valence-corrected chi connectivity index (χ0v) is 7.52. The molecule has 76 valence electrons. The van der Waals surface area contributed by atoms with Crippen LogP contribution in [-0.4, -0.2) is 35.4 Å². The maximum absolute atomic E-state index is 10.5. The Hall–Kier alpha value is -0.680. The molecule has 0 amide bonds. The molecular formula is C8H15NO4. The van der Waals surface area contributed by atoms with Crippen molar-refractivity contribution in [3.63, 3.8) is 0 Å². The van der Waals surface area contributed by atoms with Gasteiger partial charge in [0.1, 0.15) is 0 Å². The van der Waals surface area contributed by atoms with Crippen molar-refractivity contribution in [3.8, 4) is 0 Å². The molecule has 1 saturated carbocycles. The Morgan fingerprint density at radius 1 is 1.54 bits per heavy atom. The number of hydrogen-bond acceptors (Lipinski definition) is 4. The van der Waals surface area contributed by atoms with Crippen LogP contribution >= 0.6 is 0 Å². The maximum atomic E-state index is 10.5. The molecule has 0 aromatic rings. The fourth-order valence-electron chi connectivity index (χ4n) is 1.68. The van der Waals surface area contributed by atoms with Gasteiger partial charge < -0.3 is 9.84 Å². The lowest BCUT2D eigenvalue weighted by molar-refractivity contribution is -0.528. The number of rotatable bonds is 4. The second-order valence-corrected chi connectivity index (χ2v) is 3.32. The summed E-state index contributed by atoms with van der Waals surface area (Å²) in [7, 11) is 0. The standard InChI is InChI=1S/C8H15NO4/c10-4-5-13-8-3-1-2-7(6-8)9(11)12/h7-8,10H,1-6H2. The monoisotopic (exact) mass is 189 g/mol. The third kappa shape index (κ3) is 3.28. The average molecular weight is 189 g/mol. The molecule has 0 bridgehead atoms. The van der Waals surface area contributed by atoms with Gasteiger partial charge in [0.25, 0.3) is 0 Å². The number of hydrogen-bond donors (Lipinski definition) is 1. The molecule has 5 nitrogen and oxygen atoms in total. The summed E-state index contributed by atoms with van der Waals surface area (Å²) >= 11 is 0. The Morgan fingerprint density at radius 2 is 2.31 bits per heavy atom. The quantitative estimate of drug-likeness (QED) is 0.518. The van der Waals surface area contributed by atoms with Crippen LogP contribution in [0.5, 0.6) is 0 Å². The van der Waals surface area contributed by atoms with Gasteiger partial charge in [-0.2, -0.15) is 0 Å². The summed E-state index contributed by atoms with van der Waals surface area (Å²) in [5.41, 5.74) is 0. The summed E-state index contributed by atoms with van der Waals surface area (Å²) in [6.07, 6.45) is 2.85. The molecule has 0 aliphatic heterocycles. The summed E-state index contributed by atoms with van der Waals surface area (Å²) in [6, 6.07) is -0.447. The molecule has 2 unspecified atom stereocenters. The number of ether oxygens (including phenoxy) is 1. The lowest BCUT2D eigenvalue weighted by Crippen LogP contribution is -2.32. The van der Waals surface area contributed by atoms with Gasteiger partial charge in [-0.1, -0.05) is 0 Å². The van der Waals surface area contributed by atoms with Gasteiger partial charge in [-0.3, -0.25) is 10.1 Å². The van der Waals surface area contributed by atoms with Crippen LogP contribution in [0.1, 0.15) is 25.7 Å². The lowest BCUT2D eigenvalue weighted by atomic mass is 9.93. The summed E-state index contributed by atoms with van der Waals surface area (Å²) in [4.78, 5) is 10.2. The van der Waals surface area contributed by atoms with Crippen LogP contribution in [0.15, 0.2) is 0 Å². The highest BCUT2D eigenvalue weighted by molar-refractivity contribution is 4.72. The third-order valence-corrected chi connectivity index (χ3v) is 2.34. The topological polar surface area (TPSA) is 72.6 Å². The van der Waals surface area contributed by atoms with Gasteiger partial charge in [0, 0.05) is 17.8 Å². The fourth-order valence-corrected chi connectivity index (χ4v) is 1.68. The van der Waals surface area contributed by atoms with Crippen LogP contribution in [0.25, 0.3) is 0 Å². The first-order valence-corrected chi connectivity index (χ1v) is 4.60. The minimum absolute atomic E-state index is 0.0143. The Bertz CT molecular complexity index is 174. The minimum Gasteiger partial charge on any atom is -0.394 e. The molecule has 1 N–H and O–H groups in total. The fraction of sp³-hybridized carbons (Fsp3) is 1.00. The molecule has 5 heteroatoms. The second-order valence-electron chi connectivity index (χ2n) is 3.32. The molecule has 1 rings (SSSR count). The molecule has 1 fully saturated rings. The molecular weight excluding hydrogens is 174 g/mol. The number of aliphatic hydroxyl groups is 1. The first-order chi connectivity index (χ1) is 6.24. The second kappa shape index (κ2) is 5.14. The summed E-state index contributed by atoms with van der Waals surface area (Å²) in [5.74, 6) is 0. The molecule has 0 radical (unpaired) electrons. The Morgan fingerprint density at radius 3 is 2.92 bits per heavy atom. The van der Waals surface area contributed by atoms with E-state index in [4.69, 9.17) is 9.84 Å². The maximum Gasteiger partial charge on any atom is 0.215 e. The summed E-state index contributed by atoms with van der Waals surface area (Å²) < 4.78 is 5.26. The molecule has 0 heterocycles. The molecule has 0 spiro atoms. The van der Waals surface area contributed by atoms with Crippen molar-refractivity contribution in [1.82, 2.24) is 0 Å². The van der Waals surface area contributed by atoms with Gasteiger partial charge in [0.2, 0.25) is 6.04 Å². The summed E-state index contributed by atoms with van der Waals surface area (Å²) in [5, 5.41) is 19.0. The first kappa shape index (κ1) is 10.4. The normalized spacial score (nSPS) is 28.7.